The number of unbranched alkanes of at least 4 members (excludes halogenated alkanes) is 1. The lowest BCUT2D eigenvalue weighted by molar-refractivity contribution is 0.129. The number of rotatable bonds is 4. The maximum atomic E-state index is 9.98. The minimum Gasteiger partial charge on any atom is -0.393 e. The van der Waals surface area contributed by atoms with Crippen molar-refractivity contribution < 1.29 is 5.11 Å². The van der Waals surface area contributed by atoms with Crippen molar-refractivity contribution in [2.24, 2.45) is 17.8 Å². The molecule has 0 bridgehead atoms. The van der Waals surface area contributed by atoms with Crippen LogP contribution in [0.15, 0.2) is 0 Å². The zero-order valence-corrected chi connectivity index (χ0v) is 8.78. The summed E-state index contributed by atoms with van der Waals surface area (Å²) in [6.07, 6.45) is 13.4. The van der Waals surface area contributed by atoms with Gasteiger partial charge in [-0.15, -0.1) is 12.3 Å². The van der Waals surface area contributed by atoms with Gasteiger partial charge in [0.15, 0.2) is 0 Å². The Morgan fingerprint density at radius 1 is 1.29 bits per heavy atom. The van der Waals surface area contributed by atoms with Crippen molar-refractivity contribution in [2.75, 3.05) is 0 Å². The second kappa shape index (κ2) is 4.36. The maximum Gasteiger partial charge on any atom is 0.0574 e. The summed E-state index contributed by atoms with van der Waals surface area (Å²) in [7, 11) is 0. The minimum absolute atomic E-state index is 0.0588. The lowest BCUT2D eigenvalue weighted by atomic mass is 10.0. The largest absolute Gasteiger partial charge is 0.393 e. The molecule has 14 heavy (non-hydrogen) atoms. The Morgan fingerprint density at radius 3 is 2.50 bits per heavy atom. The highest BCUT2D eigenvalue weighted by Gasteiger charge is 2.53. The van der Waals surface area contributed by atoms with E-state index < -0.39 is 0 Å². The Hall–Kier alpha value is -0.480. The third-order valence-corrected chi connectivity index (χ3v) is 3.99. The van der Waals surface area contributed by atoms with E-state index in [1.165, 1.54) is 25.7 Å². The highest BCUT2D eigenvalue weighted by atomic mass is 16.3. The number of fused-ring (bicyclic) bond motifs is 1. The third-order valence-electron chi connectivity index (χ3n) is 3.99. The molecule has 0 aromatic heterocycles. The highest BCUT2D eigenvalue weighted by Crippen LogP contribution is 2.57. The van der Waals surface area contributed by atoms with Crippen molar-refractivity contribution in [3.05, 3.63) is 0 Å². The van der Waals surface area contributed by atoms with Crippen LogP contribution in [-0.4, -0.2) is 11.2 Å². The fourth-order valence-corrected chi connectivity index (χ4v) is 3.22. The monoisotopic (exact) mass is 192 g/mol. The van der Waals surface area contributed by atoms with Gasteiger partial charge in [-0.3, -0.25) is 0 Å². The summed E-state index contributed by atoms with van der Waals surface area (Å²) in [6.45, 7) is 0. The SMILES string of the molecule is C#CCCCC(O)C1C2CCCCC21. The van der Waals surface area contributed by atoms with E-state index in [4.69, 9.17) is 6.42 Å². The molecule has 2 aliphatic rings. The summed E-state index contributed by atoms with van der Waals surface area (Å²) in [5, 5.41) is 9.98. The van der Waals surface area contributed by atoms with Crippen LogP contribution in [0.3, 0.4) is 0 Å². The standard InChI is InChI=1S/C13H20O/c1-2-3-4-9-12(14)13-10-7-5-6-8-11(10)13/h1,10-14H,3-9H2. The minimum atomic E-state index is -0.0588. The molecule has 1 heteroatoms. The molecule has 0 saturated heterocycles. The smallest absolute Gasteiger partial charge is 0.0574 e. The van der Waals surface area contributed by atoms with Crippen molar-refractivity contribution in [2.45, 2.75) is 51.0 Å². The number of terminal acetylenes is 1. The molecule has 2 fully saturated rings. The Morgan fingerprint density at radius 2 is 1.93 bits per heavy atom. The van der Waals surface area contributed by atoms with E-state index in [1.807, 2.05) is 0 Å². The van der Waals surface area contributed by atoms with Crippen molar-refractivity contribution >= 4 is 0 Å². The summed E-state index contributed by atoms with van der Waals surface area (Å²) < 4.78 is 0. The van der Waals surface area contributed by atoms with Gasteiger partial charge in [-0.25, -0.2) is 0 Å². The quantitative estimate of drug-likeness (QED) is 0.536. The predicted octanol–water partition coefficient (Wildman–Crippen LogP) is 2.59. The van der Waals surface area contributed by atoms with Crippen molar-refractivity contribution in [1.29, 1.82) is 0 Å². The van der Waals surface area contributed by atoms with Crippen LogP contribution in [0, 0.1) is 30.1 Å². The Labute approximate surface area is 86.9 Å². The average Bonchev–Trinajstić information content (AvgIpc) is 2.92. The van der Waals surface area contributed by atoms with E-state index in [1.54, 1.807) is 0 Å². The molecule has 3 unspecified atom stereocenters. The van der Waals surface area contributed by atoms with E-state index in [0.29, 0.717) is 5.92 Å². The van der Waals surface area contributed by atoms with Crippen LogP contribution in [0.2, 0.25) is 0 Å². The van der Waals surface area contributed by atoms with E-state index >= 15 is 0 Å². The second-order valence-corrected chi connectivity index (χ2v) is 4.85. The first-order valence-electron chi connectivity index (χ1n) is 5.96. The molecular formula is C13H20O. The first-order valence-corrected chi connectivity index (χ1v) is 5.96. The van der Waals surface area contributed by atoms with Gasteiger partial charge in [-0.1, -0.05) is 12.8 Å². The van der Waals surface area contributed by atoms with Crippen LogP contribution in [0.1, 0.15) is 44.9 Å². The topological polar surface area (TPSA) is 20.2 Å². The zero-order valence-electron chi connectivity index (χ0n) is 8.78. The molecule has 0 aromatic rings. The summed E-state index contributed by atoms with van der Waals surface area (Å²) >= 11 is 0. The van der Waals surface area contributed by atoms with Crippen LogP contribution in [0.5, 0.6) is 0 Å². The first kappa shape index (κ1) is 10.1. The predicted molar refractivity (Wildman–Crippen MR) is 57.6 cm³/mol. The molecule has 2 saturated carbocycles. The summed E-state index contributed by atoms with van der Waals surface area (Å²) in [5.74, 6) is 5.00. The van der Waals surface area contributed by atoms with Gasteiger partial charge in [-0.2, -0.15) is 0 Å². The highest BCUT2D eigenvalue weighted by molar-refractivity contribution is 5.02. The van der Waals surface area contributed by atoms with Gasteiger partial charge in [0.2, 0.25) is 0 Å². The van der Waals surface area contributed by atoms with Crippen molar-refractivity contribution in [1.82, 2.24) is 0 Å². The first-order chi connectivity index (χ1) is 6.84. The molecule has 0 heterocycles. The summed E-state index contributed by atoms with van der Waals surface area (Å²) in [5.41, 5.74) is 0. The molecule has 0 aromatic carbocycles. The Balaban J connectivity index is 1.72. The van der Waals surface area contributed by atoms with E-state index in [-0.39, 0.29) is 6.10 Å². The van der Waals surface area contributed by atoms with Crippen LogP contribution < -0.4 is 0 Å². The molecule has 78 valence electrons. The average molecular weight is 192 g/mol. The number of aliphatic hydroxyl groups excluding tert-OH is 1. The van der Waals surface area contributed by atoms with Crippen molar-refractivity contribution in [3.63, 3.8) is 0 Å². The van der Waals surface area contributed by atoms with Gasteiger partial charge in [0, 0.05) is 6.42 Å². The van der Waals surface area contributed by atoms with Gasteiger partial charge >= 0.3 is 0 Å². The molecule has 0 aliphatic heterocycles. The van der Waals surface area contributed by atoms with Gasteiger partial charge in [0.1, 0.15) is 0 Å². The van der Waals surface area contributed by atoms with Crippen LogP contribution in [0.25, 0.3) is 0 Å². The Bertz CT molecular complexity index is 216. The molecular weight excluding hydrogens is 172 g/mol. The van der Waals surface area contributed by atoms with E-state index in [0.717, 1.165) is 31.1 Å². The van der Waals surface area contributed by atoms with Crippen LogP contribution in [0.4, 0.5) is 0 Å². The summed E-state index contributed by atoms with van der Waals surface area (Å²) in [6, 6.07) is 0. The third kappa shape index (κ3) is 1.96. The molecule has 2 rings (SSSR count). The fourth-order valence-electron chi connectivity index (χ4n) is 3.22. The number of hydrogen-bond acceptors (Lipinski definition) is 1. The van der Waals surface area contributed by atoms with E-state index in [9.17, 15) is 5.11 Å². The molecule has 0 spiro atoms. The van der Waals surface area contributed by atoms with E-state index in [2.05, 4.69) is 5.92 Å². The molecule has 3 atom stereocenters. The van der Waals surface area contributed by atoms with Gasteiger partial charge in [-0.05, 0) is 43.4 Å². The second-order valence-electron chi connectivity index (χ2n) is 4.85. The van der Waals surface area contributed by atoms with Gasteiger partial charge in [0.05, 0.1) is 6.10 Å². The van der Waals surface area contributed by atoms with Crippen molar-refractivity contribution in [3.8, 4) is 12.3 Å². The van der Waals surface area contributed by atoms with Crippen LogP contribution >= 0.6 is 0 Å². The maximum absolute atomic E-state index is 9.98. The lowest BCUT2D eigenvalue weighted by Gasteiger charge is -2.08. The molecule has 1 nitrogen and oxygen atoms in total. The molecule has 0 radical (unpaired) electrons. The fraction of sp³-hybridized carbons (Fsp3) is 0.846. The molecule has 1 N–H and O–H groups in total. The normalized spacial score (nSPS) is 37.0. The molecule has 2 aliphatic carbocycles. The van der Waals surface area contributed by atoms with Crippen LogP contribution in [-0.2, 0) is 0 Å². The Kier molecular flexibility index (Phi) is 3.13. The number of aliphatic hydroxyl groups is 1. The van der Waals surface area contributed by atoms with Gasteiger partial charge < -0.3 is 5.11 Å². The number of hydrogen-bond donors (Lipinski definition) is 1. The summed E-state index contributed by atoms with van der Waals surface area (Å²) in [4.78, 5) is 0. The van der Waals surface area contributed by atoms with Gasteiger partial charge in [0.25, 0.3) is 0 Å². The lowest BCUT2D eigenvalue weighted by Crippen LogP contribution is -2.11. The molecule has 0 amide bonds. The zero-order chi connectivity index (χ0) is 9.97.